The third-order valence-electron chi connectivity index (χ3n) is 3.55. The summed E-state index contributed by atoms with van der Waals surface area (Å²) in [5.41, 5.74) is 0.876. The number of halogens is 2. The summed E-state index contributed by atoms with van der Waals surface area (Å²) in [6.07, 6.45) is 3.39. The van der Waals surface area contributed by atoms with E-state index >= 15 is 0 Å². The van der Waals surface area contributed by atoms with Crippen molar-refractivity contribution in [2.75, 3.05) is 6.61 Å². The van der Waals surface area contributed by atoms with Crippen LogP contribution in [0.15, 0.2) is 11.8 Å². The molecule has 0 saturated heterocycles. The van der Waals surface area contributed by atoms with Gasteiger partial charge in [0.25, 0.3) is 0 Å². The maximum atomic E-state index is 13.0. The van der Waals surface area contributed by atoms with Gasteiger partial charge in [-0.3, -0.25) is 0 Å². The Morgan fingerprint density at radius 3 is 2.62 bits per heavy atom. The first-order chi connectivity index (χ1) is 7.58. The molecule has 0 bridgehead atoms. The highest BCUT2D eigenvalue weighted by atomic mass is 19.3. The standard InChI is InChI=1S/C12H18F2O2/c13-12(14)5-3-9(4-6-12)11(15)10-2-1-7-16-8-10/h8-9,11,15H,1-7H2. The van der Waals surface area contributed by atoms with Crippen LogP contribution in [-0.4, -0.2) is 23.7 Å². The van der Waals surface area contributed by atoms with Gasteiger partial charge in [0, 0.05) is 12.8 Å². The molecule has 1 unspecified atom stereocenters. The van der Waals surface area contributed by atoms with Gasteiger partial charge in [-0.05, 0) is 37.2 Å². The van der Waals surface area contributed by atoms with Crippen molar-refractivity contribution in [3.05, 3.63) is 11.8 Å². The smallest absolute Gasteiger partial charge is 0.248 e. The van der Waals surface area contributed by atoms with E-state index in [4.69, 9.17) is 4.74 Å². The lowest BCUT2D eigenvalue weighted by molar-refractivity contribution is -0.0589. The Labute approximate surface area is 94.3 Å². The van der Waals surface area contributed by atoms with E-state index in [0.29, 0.717) is 19.4 Å². The van der Waals surface area contributed by atoms with Crippen molar-refractivity contribution >= 4 is 0 Å². The molecule has 1 N–H and O–H groups in total. The summed E-state index contributed by atoms with van der Waals surface area (Å²) < 4.78 is 31.1. The van der Waals surface area contributed by atoms with Crippen LogP contribution >= 0.6 is 0 Å². The number of ether oxygens (including phenoxy) is 1. The van der Waals surface area contributed by atoms with E-state index in [-0.39, 0.29) is 18.8 Å². The van der Waals surface area contributed by atoms with Crippen LogP contribution in [-0.2, 0) is 4.74 Å². The van der Waals surface area contributed by atoms with Crippen LogP contribution in [0.1, 0.15) is 38.5 Å². The van der Waals surface area contributed by atoms with E-state index < -0.39 is 12.0 Å². The molecule has 1 aliphatic heterocycles. The van der Waals surface area contributed by atoms with Crippen molar-refractivity contribution in [3.63, 3.8) is 0 Å². The van der Waals surface area contributed by atoms with Gasteiger partial charge in [-0.1, -0.05) is 0 Å². The third kappa shape index (κ3) is 2.73. The molecule has 1 saturated carbocycles. The van der Waals surface area contributed by atoms with Gasteiger partial charge in [-0.2, -0.15) is 0 Å². The van der Waals surface area contributed by atoms with Gasteiger partial charge in [-0.25, -0.2) is 8.78 Å². The third-order valence-corrected chi connectivity index (χ3v) is 3.55. The molecular weight excluding hydrogens is 214 g/mol. The van der Waals surface area contributed by atoms with Crippen molar-refractivity contribution in [3.8, 4) is 0 Å². The molecule has 1 fully saturated rings. The van der Waals surface area contributed by atoms with Crippen LogP contribution in [0.3, 0.4) is 0 Å². The maximum absolute atomic E-state index is 13.0. The van der Waals surface area contributed by atoms with Crippen molar-refractivity contribution in [2.45, 2.75) is 50.6 Å². The van der Waals surface area contributed by atoms with Gasteiger partial charge < -0.3 is 9.84 Å². The lowest BCUT2D eigenvalue weighted by Crippen LogP contribution is -2.32. The van der Waals surface area contributed by atoms with Gasteiger partial charge in [0.2, 0.25) is 5.92 Å². The second-order valence-corrected chi connectivity index (χ2v) is 4.81. The van der Waals surface area contributed by atoms with Crippen molar-refractivity contribution in [1.82, 2.24) is 0 Å². The minimum Gasteiger partial charge on any atom is -0.501 e. The fourth-order valence-corrected chi connectivity index (χ4v) is 2.48. The predicted molar refractivity (Wildman–Crippen MR) is 56.2 cm³/mol. The molecule has 16 heavy (non-hydrogen) atoms. The van der Waals surface area contributed by atoms with E-state index in [1.807, 2.05) is 0 Å². The molecule has 2 nitrogen and oxygen atoms in total. The molecule has 2 rings (SSSR count). The Bertz CT molecular complexity index is 266. The summed E-state index contributed by atoms with van der Waals surface area (Å²) in [4.78, 5) is 0. The summed E-state index contributed by atoms with van der Waals surface area (Å²) in [6, 6.07) is 0. The van der Waals surface area contributed by atoms with Gasteiger partial charge in [0.15, 0.2) is 0 Å². The number of rotatable bonds is 2. The zero-order chi connectivity index (χ0) is 11.6. The largest absolute Gasteiger partial charge is 0.501 e. The molecule has 0 radical (unpaired) electrons. The minimum absolute atomic E-state index is 0.0208. The van der Waals surface area contributed by atoms with Gasteiger partial charge in [-0.15, -0.1) is 0 Å². The Kier molecular flexibility index (Phi) is 3.47. The Balaban J connectivity index is 1.91. The number of hydrogen-bond acceptors (Lipinski definition) is 2. The van der Waals surface area contributed by atoms with E-state index in [9.17, 15) is 13.9 Å². The number of hydrogen-bond donors (Lipinski definition) is 1. The first-order valence-electron chi connectivity index (χ1n) is 5.95. The molecule has 92 valence electrons. The minimum atomic E-state index is -2.52. The molecule has 1 atom stereocenters. The molecule has 0 aromatic rings. The van der Waals surface area contributed by atoms with E-state index in [1.54, 1.807) is 6.26 Å². The fraction of sp³-hybridized carbons (Fsp3) is 0.833. The molecular formula is C12H18F2O2. The molecule has 1 aliphatic carbocycles. The molecule has 0 aromatic heterocycles. The second kappa shape index (κ2) is 4.70. The molecule has 4 heteroatoms. The van der Waals surface area contributed by atoms with E-state index in [1.165, 1.54) is 0 Å². The van der Waals surface area contributed by atoms with E-state index in [0.717, 1.165) is 18.4 Å². The quantitative estimate of drug-likeness (QED) is 0.793. The van der Waals surface area contributed by atoms with Gasteiger partial charge in [0.1, 0.15) is 0 Å². The molecule has 0 amide bonds. The highest BCUT2D eigenvalue weighted by Crippen LogP contribution is 2.39. The van der Waals surface area contributed by atoms with Crippen molar-refractivity contribution in [2.24, 2.45) is 5.92 Å². The van der Waals surface area contributed by atoms with Crippen LogP contribution in [0.5, 0.6) is 0 Å². The first-order valence-corrected chi connectivity index (χ1v) is 5.95. The normalized spacial score (nSPS) is 28.1. The van der Waals surface area contributed by atoms with Gasteiger partial charge >= 0.3 is 0 Å². The maximum Gasteiger partial charge on any atom is 0.248 e. The highest BCUT2D eigenvalue weighted by molar-refractivity contribution is 5.09. The molecule has 0 spiro atoms. The number of alkyl halides is 2. The molecule has 2 aliphatic rings. The zero-order valence-corrected chi connectivity index (χ0v) is 9.29. The Morgan fingerprint density at radius 2 is 2.06 bits per heavy atom. The first kappa shape index (κ1) is 11.8. The van der Waals surface area contributed by atoms with Crippen LogP contribution in [0, 0.1) is 5.92 Å². The van der Waals surface area contributed by atoms with Crippen LogP contribution in [0.4, 0.5) is 8.78 Å². The summed E-state index contributed by atoms with van der Waals surface area (Å²) >= 11 is 0. The van der Waals surface area contributed by atoms with E-state index in [2.05, 4.69) is 0 Å². The van der Waals surface area contributed by atoms with Crippen molar-refractivity contribution < 1.29 is 18.6 Å². The average molecular weight is 232 g/mol. The summed E-state index contributed by atoms with van der Waals surface area (Å²) in [7, 11) is 0. The monoisotopic (exact) mass is 232 g/mol. The molecule has 1 heterocycles. The fourth-order valence-electron chi connectivity index (χ4n) is 2.48. The SMILES string of the molecule is OC(C1=COCCC1)C1CCC(F)(F)CC1. The van der Waals surface area contributed by atoms with Crippen LogP contribution < -0.4 is 0 Å². The van der Waals surface area contributed by atoms with Crippen LogP contribution in [0.25, 0.3) is 0 Å². The lowest BCUT2D eigenvalue weighted by Gasteiger charge is -2.32. The Morgan fingerprint density at radius 1 is 1.38 bits per heavy atom. The molecule has 0 aromatic carbocycles. The second-order valence-electron chi connectivity index (χ2n) is 4.81. The lowest BCUT2D eigenvalue weighted by atomic mass is 9.80. The Hall–Kier alpha value is -0.640. The summed E-state index contributed by atoms with van der Waals surface area (Å²) in [6.45, 7) is 0.693. The van der Waals surface area contributed by atoms with Gasteiger partial charge in [0.05, 0.1) is 19.0 Å². The number of aliphatic hydroxyl groups excluding tert-OH is 1. The average Bonchev–Trinajstić information content (AvgIpc) is 2.29. The topological polar surface area (TPSA) is 29.5 Å². The van der Waals surface area contributed by atoms with Crippen molar-refractivity contribution in [1.29, 1.82) is 0 Å². The zero-order valence-electron chi connectivity index (χ0n) is 9.29. The summed E-state index contributed by atoms with van der Waals surface area (Å²) in [5.74, 6) is -2.54. The predicted octanol–water partition coefficient (Wildman–Crippen LogP) is 2.87. The van der Waals surface area contributed by atoms with Crippen LogP contribution in [0.2, 0.25) is 0 Å². The highest BCUT2D eigenvalue weighted by Gasteiger charge is 2.38. The number of aliphatic hydroxyl groups is 1. The summed E-state index contributed by atoms with van der Waals surface area (Å²) in [5, 5.41) is 10.1.